The van der Waals surface area contributed by atoms with Gasteiger partial charge in [0.05, 0.1) is 6.42 Å². The highest BCUT2D eigenvalue weighted by atomic mass is 16.3. The molecule has 2 rings (SSSR count). The van der Waals surface area contributed by atoms with Crippen LogP contribution >= 0.6 is 0 Å². The Labute approximate surface area is 108 Å². The Bertz CT molecular complexity index is 411. The number of phenolic OH excluding ortho intramolecular Hbond substituents is 1. The fourth-order valence-corrected chi connectivity index (χ4v) is 2.80. The number of carbonyl (C=O) groups is 1. The summed E-state index contributed by atoms with van der Waals surface area (Å²) >= 11 is 0. The van der Waals surface area contributed by atoms with Crippen LogP contribution in [0.25, 0.3) is 0 Å². The second-order valence-corrected chi connectivity index (χ2v) is 4.96. The molecule has 0 heterocycles. The Balaban J connectivity index is 2.01. The maximum Gasteiger partial charge on any atom is 0.227 e. The van der Waals surface area contributed by atoms with Gasteiger partial charge in [0, 0.05) is 12.6 Å². The Morgan fingerprint density at radius 3 is 2.72 bits per heavy atom. The van der Waals surface area contributed by atoms with Gasteiger partial charge >= 0.3 is 0 Å². The van der Waals surface area contributed by atoms with E-state index in [1.807, 2.05) is 17.9 Å². The summed E-state index contributed by atoms with van der Waals surface area (Å²) in [5.41, 5.74) is 0.886. The molecule has 0 bridgehead atoms. The highest BCUT2D eigenvalue weighted by molar-refractivity contribution is 5.79. The maximum absolute atomic E-state index is 12.3. The van der Waals surface area contributed by atoms with Gasteiger partial charge in [-0.2, -0.15) is 0 Å². The third kappa shape index (κ3) is 3.03. The first-order valence-corrected chi connectivity index (χ1v) is 6.78. The van der Waals surface area contributed by atoms with E-state index in [2.05, 4.69) is 0 Å². The minimum Gasteiger partial charge on any atom is -0.508 e. The van der Waals surface area contributed by atoms with Crippen LogP contribution in [0.2, 0.25) is 0 Å². The monoisotopic (exact) mass is 247 g/mol. The summed E-state index contributed by atoms with van der Waals surface area (Å²) in [7, 11) is 0. The second-order valence-electron chi connectivity index (χ2n) is 4.96. The highest BCUT2D eigenvalue weighted by Gasteiger charge is 2.25. The molecular formula is C15H21NO2. The molecule has 1 aromatic rings. The van der Waals surface area contributed by atoms with Crippen molar-refractivity contribution in [3.8, 4) is 5.75 Å². The lowest BCUT2D eigenvalue weighted by Gasteiger charge is -2.27. The third-order valence-electron chi connectivity index (χ3n) is 3.69. The fourth-order valence-electron chi connectivity index (χ4n) is 2.80. The lowest BCUT2D eigenvalue weighted by molar-refractivity contribution is -0.132. The zero-order chi connectivity index (χ0) is 13.0. The summed E-state index contributed by atoms with van der Waals surface area (Å²) in [6, 6.07) is 7.40. The Kier molecular flexibility index (Phi) is 4.24. The molecule has 1 N–H and O–H groups in total. The van der Waals surface area contributed by atoms with Crippen molar-refractivity contribution in [1.82, 2.24) is 4.90 Å². The molecule has 3 nitrogen and oxygen atoms in total. The van der Waals surface area contributed by atoms with Crippen molar-refractivity contribution < 1.29 is 9.90 Å². The molecule has 0 spiro atoms. The van der Waals surface area contributed by atoms with Crippen molar-refractivity contribution in [2.45, 2.75) is 45.1 Å². The van der Waals surface area contributed by atoms with Crippen LogP contribution in [0.1, 0.15) is 38.2 Å². The number of amides is 1. The number of nitrogens with zero attached hydrogens (tertiary/aromatic N) is 1. The van der Waals surface area contributed by atoms with Gasteiger partial charge in [-0.1, -0.05) is 25.0 Å². The van der Waals surface area contributed by atoms with Gasteiger partial charge in [-0.3, -0.25) is 4.79 Å². The average molecular weight is 247 g/mol. The smallest absolute Gasteiger partial charge is 0.227 e. The van der Waals surface area contributed by atoms with E-state index in [-0.39, 0.29) is 11.7 Å². The normalized spacial score (nSPS) is 15.8. The lowest BCUT2D eigenvalue weighted by Crippen LogP contribution is -2.39. The number of benzene rings is 1. The van der Waals surface area contributed by atoms with Gasteiger partial charge in [0.25, 0.3) is 0 Å². The molecule has 1 aromatic carbocycles. The zero-order valence-corrected chi connectivity index (χ0v) is 10.9. The average Bonchev–Trinajstić information content (AvgIpc) is 2.83. The van der Waals surface area contributed by atoms with Gasteiger partial charge in [0.1, 0.15) is 5.75 Å². The number of rotatable bonds is 4. The lowest BCUT2D eigenvalue weighted by atomic mass is 10.1. The van der Waals surface area contributed by atoms with Crippen LogP contribution in [0.15, 0.2) is 24.3 Å². The van der Waals surface area contributed by atoms with Crippen LogP contribution < -0.4 is 0 Å². The highest BCUT2D eigenvalue weighted by Crippen LogP contribution is 2.24. The molecule has 0 atom stereocenters. The van der Waals surface area contributed by atoms with Gasteiger partial charge < -0.3 is 10.0 Å². The van der Waals surface area contributed by atoms with Crippen LogP contribution in [0.5, 0.6) is 5.75 Å². The Hall–Kier alpha value is -1.51. The minimum absolute atomic E-state index is 0.176. The molecule has 0 radical (unpaired) electrons. The van der Waals surface area contributed by atoms with E-state index in [1.165, 1.54) is 12.8 Å². The van der Waals surface area contributed by atoms with Crippen LogP contribution in [-0.4, -0.2) is 28.5 Å². The van der Waals surface area contributed by atoms with E-state index in [9.17, 15) is 9.90 Å². The molecule has 18 heavy (non-hydrogen) atoms. The molecule has 1 saturated carbocycles. The molecule has 0 aliphatic heterocycles. The topological polar surface area (TPSA) is 40.5 Å². The minimum atomic E-state index is 0.176. The molecule has 1 aliphatic rings. The number of hydrogen-bond donors (Lipinski definition) is 1. The standard InChI is InChI=1S/C15H21NO2/c1-2-16(13-7-3-4-8-13)15(18)11-12-6-5-9-14(17)10-12/h5-6,9-10,13,17H,2-4,7-8,11H2,1H3. The van der Waals surface area contributed by atoms with Gasteiger partial charge in [0.15, 0.2) is 0 Å². The number of aromatic hydroxyl groups is 1. The SMILES string of the molecule is CCN(C(=O)Cc1cccc(O)c1)C1CCCC1. The molecule has 0 saturated heterocycles. The Morgan fingerprint density at radius 2 is 2.11 bits per heavy atom. The summed E-state index contributed by atoms with van der Waals surface area (Å²) < 4.78 is 0. The summed E-state index contributed by atoms with van der Waals surface area (Å²) in [5, 5.41) is 9.41. The molecule has 98 valence electrons. The van der Waals surface area contributed by atoms with Crippen molar-refractivity contribution in [1.29, 1.82) is 0 Å². The maximum atomic E-state index is 12.3. The van der Waals surface area contributed by atoms with Crippen molar-refractivity contribution in [2.75, 3.05) is 6.54 Å². The van der Waals surface area contributed by atoms with Gasteiger partial charge in [-0.05, 0) is 37.5 Å². The molecule has 0 aromatic heterocycles. The second kappa shape index (κ2) is 5.89. The molecular weight excluding hydrogens is 226 g/mol. The Morgan fingerprint density at radius 1 is 1.39 bits per heavy atom. The zero-order valence-electron chi connectivity index (χ0n) is 10.9. The fraction of sp³-hybridized carbons (Fsp3) is 0.533. The first-order chi connectivity index (χ1) is 8.70. The summed E-state index contributed by atoms with van der Waals surface area (Å²) in [6.07, 6.45) is 5.14. The van der Waals surface area contributed by atoms with Crippen molar-refractivity contribution in [3.05, 3.63) is 29.8 Å². The van der Waals surface area contributed by atoms with Crippen molar-refractivity contribution in [2.24, 2.45) is 0 Å². The molecule has 1 fully saturated rings. The van der Waals surface area contributed by atoms with Crippen LogP contribution in [0, 0.1) is 0 Å². The summed E-state index contributed by atoms with van der Waals surface area (Å²) in [4.78, 5) is 14.3. The van der Waals surface area contributed by atoms with Crippen LogP contribution in [-0.2, 0) is 11.2 Å². The van der Waals surface area contributed by atoms with Crippen LogP contribution in [0.4, 0.5) is 0 Å². The number of phenols is 1. The van der Waals surface area contributed by atoms with E-state index >= 15 is 0 Å². The summed E-state index contributed by atoms with van der Waals surface area (Å²) in [5.74, 6) is 0.402. The first-order valence-electron chi connectivity index (χ1n) is 6.78. The van der Waals surface area contributed by atoms with E-state index in [1.54, 1.807) is 18.2 Å². The van der Waals surface area contributed by atoms with E-state index < -0.39 is 0 Å². The summed E-state index contributed by atoms with van der Waals surface area (Å²) in [6.45, 7) is 2.82. The van der Waals surface area contributed by atoms with E-state index in [0.717, 1.165) is 24.9 Å². The molecule has 3 heteroatoms. The van der Waals surface area contributed by atoms with Gasteiger partial charge in [-0.25, -0.2) is 0 Å². The van der Waals surface area contributed by atoms with Gasteiger partial charge in [-0.15, -0.1) is 0 Å². The molecule has 1 amide bonds. The number of carbonyl (C=O) groups excluding carboxylic acids is 1. The predicted molar refractivity (Wildman–Crippen MR) is 71.5 cm³/mol. The largest absolute Gasteiger partial charge is 0.508 e. The number of likely N-dealkylation sites (N-methyl/N-ethyl adjacent to an activating group) is 1. The first kappa shape index (κ1) is 12.9. The predicted octanol–water partition coefficient (Wildman–Crippen LogP) is 2.73. The van der Waals surface area contributed by atoms with Gasteiger partial charge in [0.2, 0.25) is 5.91 Å². The third-order valence-corrected chi connectivity index (χ3v) is 3.69. The molecule has 1 aliphatic carbocycles. The van der Waals surface area contributed by atoms with Crippen LogP contribution in [0.3, 0.4) is 0 Å². The van der Waals surface area contributed by atoms with Crippen molar-refractivity contribution >= 4 is 5.91 Å². The quantitative estimate of drug-likeness (QED) is 0.888. The number of hydrogen-bond acceptors (Lipinski definition) is 2. The van der Waals surface area contributed by atoms with Crippen molar-refractivity contribution in [3.63, 3.8) is 0 Å². The van der Waals surface area contributed by atoms with E-state index in [0.29, 0.717) is 12.5 Å². The van der Waals surface area contributed by atoms with E-state index in [4.69, 9.17) is 0 Å². The molecule has 0 unspecified atom stereocenters.